The first kappa shape index (κ1) is 10.7. The van der Waals surface area contributed by atoms with Crippen LogP contribution in [0.2, 0.25) is 0 Å². The lowest BCUT2D eigenvalue weighted by molar-refractivity contribution is 0.0600. The van der Waals surface area contributed by atoms with Crippen molar-refractivity contribution in [1.29, 1.82) is 10.8 Å². The highest BCUT2D eigenvalue weighted by Gasteiger charge is 2.24. The van der Waals surface area contributed by atoms with Crippen molar-refractivity contribution < 1.29 is 9.53 Å². The molecule has 8 heteroatoms. The summed E-state index contributed by atoms with van der Waals surface area (Å²) < 4.78 is 4.47. The molecular formula is C7H10N6O2. The number of hydrogen-bond donors (Lipinski definition) is 5. The van der Waals surface area contributed by atoms with Crippen molar-refractivity contribution in [2.45, 2.75) is 0 Å². The van der Waals surface area contributed by atoms with Crippen LogP contribution >= 0.6 is 0 Å². The fraction of sp³-hybridized carbons (Fsp3) is 0.143. The molecule has 0 aliphatic rings. The number of aromatic nitrogens is 2. The molecule has 0 saturated carbocycles. The van der Waals surface area contributed by atoms with Gasteiger partial charge in [-0.1, -0.05) is 0 Å². The van der Waals surface area contributed by atoms with Crippen LogP contribution in [0.1, 0.15) is 21.7 Å². The van der Waals surface area contributed by atoms with Crippen LogP contribution in [0.25, 0.3) is 0 Å². The Morgan fingerprint density at radius 3 is 2.40 bits per heavy atom. The van der Waals surface area contributed by atoms with Gasteiger partial charge in [-0.05, 0) is 0 Å². The lowest BCUT2D eigenvalue weighted by atomic mass is 10.1. The van der Waals surface area contributed by atoms with Gasteiger partial charge in [-0.25, -0.2) is 4.79 Å². The lowest BCUT2D eigenvalue weighted by Crippen LogP contribution is -2.20. The molecule has 15 heavy (non-hydrogen) atoms. The number of methoxy groups -OCH3 is 1. The molecule has 0 aliphatic carbocycles. The fourth-order valence-electron chi connectivity index (χ4n) is 1.03. The van der Waals surface area contributed by atoms with Crippen molar-refractivity contribution >= 4 is 17.6 Å². The predicted octanol–water partition coefficient (Wildman–Crippen LogP) is -1.24. The summed E-state index contributed by atoms with van der Waals surface area (Å²) in [6.07, 6.45) is 0. The molecular weight excluding hydrogens is 200 g/mol. The molecule has 0 atom stereocenters. The molecule has 1 rings (SSSR count). The third-order valence-corrected chi connectivity index (χ3v) is 1.68. The zero-order valence-electron chi connectivity index (χ0n) is 7.92. The third kappa shape index (κ3) is 1.77. The summed E-state index contributed by atoms with van der Waals surface area (Å²) in [6, 6.07) is 0. The summed E-state index contributed by atoms with van der Waals surface area (Å²) in [6.45, 7) is 0. The highest BCUT2D eigenvalue weighted by Crippen LogP contribution is 2.11. The number of nitrogen functional groups attached to an aromatic ring is 2. The monoisotopic (exact) mass is 210 g/mol. The van der Waals surface area contributed by atoms with E-state index in [1.165, 1.54) is 7.11 Å². The van der Waals surface area contributed by atoms with Crippen LogP contribution in [0.4, 0.5) is 0 Å². The van der Waals surface area contributed by atoms with Crippen LogP contribution < -0.4 is 11.5 Å². The number of rotatable bonds is 3. The van der Waals surface area contributed by atoms with E-state index < -0.39 is 11.8 Å². The van der Waals surface area contributed by atoms with Crippen LogP contribution in [0, 0.1) is 10.8 Å². The second-order valence-corrected chi connectivity index (χ2v) is 2.64. The van der Waals surface area contributed by atoms with Crippen molar-refractivity contribution in [2.24, 2.45) is 11.5 Å². The topological polar surface area (TPSA) is 155 Å². The second-order valence-electron chi connectivity index (χ2n) is 2.64. The van der Waals surface area contributed by atoms with Crippen LogP contribution in [0.5, 0.6) is 0 Å². The number of ether oxygens (including phenoxy) is 1. The van der Waals surface area contributed by atoms with Gasteiger partial charge < -0.3 is 16.2 Å². The normalized spacial score (nSPS) is 9.67. The third-order valence-electron chi connectivity index (χ3n) is 1.68. The minimum atomic E-state index is -0.751. The SMILES string of the molecule is COC(=O)c1c(C(=N)N)n[nH]c1C(=N)N. The molecule has 7 N–H and O–H groups in total. The summed E-state index contributed by atoms with van der Waals surface area (Å²) in [5.74, 6) is -1.53. The van der Waals surface area contributed by atoms with Crippen molar-refractivity contribution in [3.63, 3.8) is 0 Å². The number of esters is 1. The minimum absolute atomic E-state index is 0.00736. The molecule has 0 amide bonds. The van der Waals surface area contributed by atoms with Crippen LogP contribution in [0.3, 0.4) is 0 Å². The molecule has 0 spiro atoms. The van der Waals surface area contributed by atoms with Gasteiger partial charge in [0.2, 0.25) is 0 Å². The van der Waals surface area contributed by atoms with Gasteiger partial charge in [-0.2, -0.15) is 5.10 Å². The predicted molar refractivity (Wildman–Crippen MR) is 52.0 cm³/mol. The van der Waals surface area contributed by atoms with Crippen molar-refractivity contribution in [3.8, 4) is 0 Å². The first-order valence-electron chi connectivity index (χ1n) is 3.84. The van der Waals surface area contributed by atoms with E-state index in [-0.39, 0.29) is 22.8 Å². The smallest absolute Gasteiger partial charge is 0.342 e. The number of H-pyrrole nitrogens is 1. The van der Waals surface area contributed by atoms with E-state index in [0.717, 1.165) is 0 Å². The Balaban J connectivity index is 3.39. The average Bonchev–Trinajstić information content (AvgIpc) is 2.60. The van der Waals surface area contributed by atoms with Gasteiger partial charge in [0.05, 0.1) is 7.11 Å². The van der Waals surface area contributed by atoms with Gasteiger partial charge >= 0.3 is 5.97 Å². The molecule has 0 saturated heterocycles. The van der Waals surface area contributed by atoms with Crippen LogP contribution in [-0.4, -0.2) is 34.9 Å². The lowest BCUT2D eigenvalue weighted by Gasteiger charge is -2.01. The maximum atomic E-state index is 11.3. The number of nitrogens with zero attached hydrogens (tertiary/aromatic N) is 1. The van der Waals surface area contributed by atoms with E-state index in [9.17, 15) is 4.79 Å². The van der Waals surface area contributed by atoms with E-state index in [1.54, 1.807) is 0 Å². The Morgan fingerprint density at radius 1 is 1.40 bits per heavy atom. The molecule has 0 aliphatic heterocycles. The summed E-state index contributed by atoms with van der Waals surface area (Å²) in [5.41, 5.74) is 10.2. The molecule has 0 aromatic carbocycles. The Kier molecular flexibility index (Phi) is 2.70. The molecule has 0 bridgehead atoms. The quantitative estimate of drug-likeness (QED) is 0.240. The number of hydrogen-bond acceptors (Lipinski definition) is 5. The number of amidine groups is 2. The molecule has 1 aromatic rings. The average molecular weight is 210 g/mol. The molecule has 0 radical (unpaired) electrons. The first-order valence-corrected chi connectivity index (χ1v) is 3.84. The maximum absolute atomic E-state index is 11.3. The van der Waals surface area contributed by atoms with Gasteiger partial charge in [-0.3, -0.25) is 15.9 Å². The fourth-order valence-corrected chi connectivity index (χ4v) is 1.03. The van der Waals surface area contributed by atoms with Crippen molar-refractivity contribution in [2.75, 3.05) is 7.11 Å². The minimum Gasteiger partial charge on any atom is -0.465 e. The molecule has 0 unspecified atom stereocenters. The van der Waals surface area contributed by atoms with E-state index >= 15 is 0 Å². The molecule has 8 nitrogen and oxygen atoms in total. The summed E-state index contributed by atoms with van der Waals surface area (Å²) in [4.78, 5) is 11.3. The Labute approximate surface area is 84.6 Å². The number of aromatic amines is 1. The standard InChI is InChI=1S/C7H10N6O2/c1-15-7(14)2-3(5(8)9)12-13-4(2)6(10)11/h1H3,(H3,8,9)(H3,10,11)(H,12,13). The largest absolute Gasteiger partial charge is 0.465 e. The van der Waals surface area contributed by atoms with E-state index in [1.807, 2.05) is 0 Å². The summed E-state index contributed by atoms with van der Waals surface area (Å²) >= 11 is 0. The highest BCUT2D eigenvalue weighted by atomic mass is 16.5. The van der Waals surface area contributed by atoms with E-state index in [0.29, 0.717) is 0 Å². The second kappa shape index (κ2) is 3.78. The number of carbonyl (C=O) groups is 1. The Morgan fingerprint density at radius 2 is 2.00 bits per heavy atom. The number of carbonyl (C=O) groups excluding carboxylic acids is 1. The molecule has 0 fully saturated rings. The maximum Gasteiger partial charge on any atom is 0.342 e. The van der Waals surface area contributed by atoms with Gasteiger partial charge in [0.1, 0.15) is 28.6 Å². The number of nitrogens with one attached hydrogen (secondary N) is 3. The zero-order valence-corrected chi connectivity index (χ0v) is 7.92. The van der Waals surface area contributed by atoms with Crippen molar-refractivity contribution in [1.82, 2.24) is 10.2 Å². The van der Waals surface area contributed by atoms with Gasteiger partial charge in [0.15, 0.2) is 0 Å². The highest BCUT2D eigenvalue weighted by molar-refractivity contribution is 6.11. The van der Waals surface area contributed by atoms with Gasteiger partial charge in [0.25, 0.3) is 0 Å². The zero-order chi connectivity index (χ0) is 11.6. The van der Waals surface area contributed by atoms with Crippen molar-refractivity contribution in [3.05, 3.63) is 17.0 Å². The molecule has 1 heterocycles. The van der Waals surface area contributed by atoms with E-state index in [2.05, 4.69) is 14.9 Å². The molecule has 1 aromatic heterocycles. The van der Waals surface area contributed by atoms with E-state index in [4.69, 9.17) is 22.3 Å². The molecule has 80 valence electrons. The number of nitrogens with two attached hydrogens (primary N) is 2. The first-order chi connectivity index (χ1) is 6.99. The Hall–Kier alpha value is -2.38. The summed E-state index contributed by atoms with van der Waals surface area (Å²) in [7, 11) is 1.17. The van der Waals surface area contributed by atoms with Gasteiger partial charge in [-0.15, -0.1) is 0 Å². The van der Waals surface area contributed by atoms with Gasteiger partial charge in [0, 0.05) is 0 Å². The summed E-state index contributed by atoms with van der Waals surface area (Å²) in [5, 5.41) is 20.3. The van der Waals surface area contributed by atoms with Crippen LogP contribution in [0.15, 0.2) is 0 Å². The Bertz CT molecular complexity index is 403. The van der Waals surface area contributed by atoms with Crippen LogP contribution in [-0.2, 0) is 4.74 Å².